The molecule has 0 atom stereocenters. The summed E-state index contributed by atoms with van der Waals surface area (Å²) in [4.78, 5) is 16.1. The molecule has 0 amide bonds. The van der Waals surface area contributed by atoms with Gasteiger partial charge in [-0.25, -0.2) is 15.0 Å². The van der Waals surface area contributed by atoms with Gasteiger partial charge >= 0.3 is 0 Å². The molecule has 1 aliphatic rings. The number of aromatic nitrogens is 4. The van der Waals surface area contributed by atoms with E-state index in [4.69, 9.17) is 9.72 Å². The predicted molar refractivity (Wildman–Crippen MR) is 122 cm³/mol. The first-order valence-electron chi connectivity index (χ1n) is 10.4. The van der Waals surface area contributed by atoms with Gasteiger partial charge in [0.05, 0.1) is 30.4 Å². The molecular formula is C23H25N7O. The van der Waals surface area contributed by atoms with E-state index in [-0.39, 0.29) is 0 Å². The van der Waals surface area contributed by atoms with Gasteiger partial charge in [0.25, 0.3) is 0 Å². The third-order valence-electron chi connectivity index (χ3n) is 5.55. The lowest BCUT2D eigenvalue weighted by Crippen LogP contribution is -2.43. The van der Waals surface area contributed by atoms with Crippen molar-refractivity contribution in [1.82, 2.24) is 24.7 Å². The Bertz CT molecular complexity index is 1210. The highest BCUT2D eigenvalue weighted by molar-refractivity contribution is 5.70. The van der Waals surface area contributed by atoms with Crippen molar-refractivity contribution in [2.45, 2.75) is 6.92 Å². The SMILES string of the molecule is COc1cc(N2CCNCC2)ccc1Nc1ncc(C)c(-c2cnc3ccccn23)n1. The van der Waals surface area contributed by atoms with Crippen LogP contribution in [0.3, 0.4) is 0 Å². The number of ether oxygens (including phenoxy) is 1. The molecule has 0 aliphatic carbocycles. The highest BCUT2D eigenvalue weighted by Crippen LogP contribution is 2.32. The molecule has 1 aliphatic heterocycles. The van der Waals surface area contributed by atoms with E-state index in [0.717, 1.165) is 65.9 Å². The molecule has 0 bridgehead atoms. The first-order chi connectivity index (χ1) is 15.2. The summed E-state index contributed by atoms with van der Waals surface area (Å²) >= 11 is 0. The number of aryl methyl sites for hydroxylation is 1. The first kappa shape index (κ1) is 19.3. The standard InChI is InChI=1S/C23H25N7O/c1-16-14-26-23(28-22(16)19-15-25-21-5-3-4-10-30(19)21)27-18-7-6-17(13-20(18)31-2)29-11-8-24-9-12-29/h3-7,10,13-15,24H,8-9,11-12H2,1-2H3,(H,26,27,28). The van der Waals surface area contributed by atoms with Crippen molar-refractivity contribution < 1.29 is 4.74 Å². The van der Waals surface area contributed by atoms with Gasteiger partial charge in [0.15, 0.2) is 0 Å². The number of nitrogens with one attached hydrogen (secondary N) is 2. The van der Waals surface area contributed by atoms with Gasteiger partial charge in [-0.15, -0.1) is 0 Å². The number of hydrogen-bond donors (Lipinski definition) is 2. The van der Waals surface area contributed by atoms with Gasteiger partial charge < -0.3 is 20.3 Å². The summed E-state index contributed by atoms with van der Waals surface area (Å²) in [6.45, 7) is 5.96. The Morgan fingerprint density at radius 3 is 2.77 bits per heavy atom. The maximum Gasteiger partial charge on any atom is 0.227 e. The number of fused-ring (bicyclic) bond motifs is 1. The van der Waals surface area contributed by atoms with Crippen LogP contribution in [-0.2, 0) is 0 Å². The molecule has 158 valence electrons. The maximum atomic E-state index is 5.66. The van der Waals surface area contributed by atoms with E-state index in [9.17, 15) is 0 Å². The minimum absolute atomic E-state index is 0.514. The van der Waals surface area contributed by atoms with E-state index in [1.165, 1.54) is 0 Å². The minimum Gasteiger partial charge on any atom is -0.494 e. The van der Waals surface area contributed by atoms with Gasteiger partial charge in [-0.1, -0.05) is 6.07 Å². The quantitative estimate of drug-likeness (QED) is 0.518. The number of rotatable bonds is 5. The van der Waals surface area contributed by atoms with Crippen LogP contribution in [0.25, 0.3) is 17.0 Å². The average molecular weight is 416 g/mol. The lowest BCUT2D eigenvalue weighted by molar-refractivity contribution is 0.416. The Labute approximate surface area is 180 Å². The molecule has 4 heterocycles. The molecule has 4 aromatic rings. The zero-order valence-corrected chi connectivity index (χ0v) is 17.7. The topological polar surface area (TPSA) is 79.6 Å². The smallest absolute Gasteiger partial charge is 0.227 e. The Balaban J connectivity index is 1.46. The van der Waals surface area contributed by atoms with Crippen molar-refractivity contribution in [3.05, 3.63) is 60.6 Å². The van der Waals surface area contributed by atoms with Crippen LogP contribution in [0.2, 0.25) is 0 Å². The summed E-state index contributed by atoms with van der Waals surface area (Å²) in [6.07, 6.45) is 5.66. The van der Waals surface area contributed by atoms with Crippen LogP contribution in [-0.4, -0.2) is 52.6 Å². The van der Waals surface area contributed by atoms with Crippen molar-refractivity contribution in [1.29, 1.82) is 0 Å². The summed E-state index contributed by atoms with van der Waals surface area (Å²) in [5.41, 5.74) is 5.62. The monoisotopic (exact) mass is 415 g/mol. The van der Waals surface area contributed by atoms with E-state index < -0.39 is 0 Å². The highest BCUT2D eigenvalue weighted by Gasteiger charge is 2.15. The van der Waals surface area contributed by atoms with Crippen LogP contribution < -0.4 is 20.3 Å². The van der Waals surface area contributed by atoms with Gasteiger partial charge in [-0.2, -0.15) is 0 Å². The molecular weight excluding hydrogens is 390 g/mol. The van der Waals surface area contributed by atoms with Gasteiger partial charge in [0.2, 0.25) is 5.95 Å². The number of hydrogen-bond acceptors (Lipinski definition) is 7. The van der Waals surface area contributed by atoms with Crippen LogP contribution in [0, 0.1) is 6.92 Å². The van der Waals surface area contributed by atoms with Gasteiger partial charge in [0, 0.05) is 50.3 Å². The fourth-order valence-corrected chi connectivity index (χ4v) is 3.89. The van der Waals surface area contributed by atoms with Crippen molar-refractivity contribution >= 4 is 23.0 Å². The summed E-state index contributed by atoms with van der Waals surface area (Å²) < 4.78 is 7.69. The van der Waals surface area contributed by atoms with E-state index in [1.54, 1.807) is 7.11 Å². The fourth-order valence-electron chi connectivity index (χ4n) is 3.89. The third-order valence-corrected chi connectivity index (χ3v) is 5.55. The van der Waals surface area contributed by atoms with E-state index in [2.05, 4.69) is 37.6 Å². The van der Waals surface area contributed by atoms with Crippen LogP contribution in [0.15, 0.2) is 55.0 Å². The summed E-state index contributed by atoms with van der Waals surface area (Å²) in [5.74, 6) is 1.27. The van der Waals surface area contributed by atoms with Crippen molar-refractivity contribution in [3.63, 3.8) is 0 Å². The van der Waals surface area contributed by atoms with E-state index >= 15 is 0 Å². The van der Waals surface area contributed by atoms with Crippen LogP contribution in [0.5, 0.6) is 5.75 Å². The summed E-state index contributed by atoms with van der Waals surface area (Å²) in [5, 5.41) is 6.71. The lowest BCUT2D eigenvalue weighted by atomic mass is 10.2. The third kappa shape index (κ3) is 3.77. The van der Waals surface area contributed by atoms with Gasteiger partial charge in [-0.3, -0.25) is 4.40 Å². The number of piperazine rings is 1. The normalized spacial score (nSPS) is 14.1. The van der Waals surface area contributed by atoms with E-state index in [1.807, 2.05) is 54.2 Å². The highest BCUT2D eigenvalue weighted by atomic mass is 16.5. The molecule has 0 saturated carbocycles. The van der Waals surface area contributed by atoms with Crippen molar-refractivity contribution in [2.24, 2.45) is 0 Å². The second-order valence-corrected chi connectivity index (χ2v) is 7.54. The van der Waals surface area contributed by atoms with Crippen LogP contribution >= 0.6 is 0 Å². The minimum atomic E-state index is 0.514. The Morgan fingerprint density at radius 1 is 1.06 bits per heavy atom. The van der Waals surface area contributed by atoms with Crippen molar-refractivity contribution in [2.75, 3.05) is 43.5 Å². The Kier molecular flexibility index (Phi) is 5.13. The molecule has 0 radical (unpaired) electrons. The molecule has 0 spiro atoms. The number of anilines is 3. The maximum absolute atomic E-state index is 5.66. The molecule has 0 unspecified atom stereocenters. The predicted octanol–water partition coefficient (Wildman–Crippen LogP) is 3.26. The summed E-state index contributed by atoms with van der Waals surface area (Å²) in [6, 6.07) is 12.1. The molecule has 5 rings (SSSR count). The number of methoxy groups -OCH3 is 1. The summed E-state index contributed by atoms with van der Waals surface area (Å²) in [7, 11) is 1.68. The number of imidazole rings is 1. The second-order valence-electron chi connectivity index (χ2n) is 7.54. The fraction of sp³-hybridized carbons (Fsp3) is 0.261. The molecule has 1 fully saturated rings. The molecule has 31 heavy (non-hydrogen) atoms. The first-order valence-corrected chi connectivity index (χ1v) is 10.4. The zero-order chi connectivity index (χ0) is 21.2. The van der Waals surface area contributed by atoms with E-state index in [0.29, 0.717) is 5.95 Å². The van der Waals surface area contributed by atoms with Gasteiger partial charge in [-0.05, 0) is 36.8 Å². The second kappa shape index (κ2) is 8.23. The molecule has 2 N–H and O–H groups in total. The number of nitrogens with zero attached hydrogens (tertiary/aromatic N) is 5. The zero-order valence-electron chi connectivity index (χ0n) is 17.7. The molecule has 1 aromatic carbocycles. The number of pyridine rings is 1. The average Bonchev–Trinajstić information content (AvgIpc) is 3.25. The molecule has 8 heteroatoms. The number of benzene rings is 1. The molecule has 3 aromatic heterocycles. The Morgan fingerprint density at radius 2 is 1.94 bits per heavy atom. The van der Waals surface area contributed by atoms with Gasteiger partial charge in [0.1, 0.15) is 11.4 Å². The van der Waals surface area contributed by atoms with Crippen molar-refractivity contribution in [3.8, 4) is 17.1 Å². The van der Waals surface area contributed by atoms with Crippen LogP contribution in [0.1, 0.15) is 5.56 Å². The largest absolute Gasteiger partial charge is 0.494 e. The van der Waals surface area contributed by atoms with Crippen LogP contribution in [0.4, 0.5) is 17.3 Å². The molecule has 1 saturated heterocycles. The Hall–Kier alpha value is -3.65. The lowest BCUT2D eigenvalue weighted by Gasteiger charge is -2.30. The molecule has 8 nitrogen and oxygen atoms in total.